The van der Waals surface area contributed by atoms with Gasteiger partial charge in [-0.1, -0.05) is 37.3 Å². The van der Waals surface area contributed by atoms with Crippen LogP contribution in [0.25, 0.3) is 10.8 Å². The number of anilines is 2. The number of halogens is 1. The Balaban J connectivity index is 1.96. The molecular formula is C21H22FN3. The molecule has 0 spiro atoms. The summed E-state index contributed by atoms with van der Waals surface area (Å²) in [5.74, 6) is 0.0499. The highest BCUT2D eigenvalue weighted by Crippen LogP contribution is 2.28. The molecule has 0 atom stereocenters. The highest BCUT2D eigenvalue weighted by molar-refractivity contribution is 6.09. The SMILES string of the molecule is CCc1cccc(N(C)C(=N)N(C)c2cccc3ccc(F)cc23)c1. The van der Waals surface area contributed by atoms with Gasteiger partial charge in [-0.05, 0) is 47.7 Å². The summed E-state index contributed by atoms with van der Waals surface area (Å²) in [5, 5.41) is 10.3. The number of fused-ring (bicyclic) bond motifs is 1. The molecule has 0 unspecified atom stereocenters. The molecule has 0 bridgehead atoms. The maximum absolute atomic E-state index is 13.7. The average Bonchev–Trinajstić information content (AvgIpc) is 2.65. The molecule has 0 aliphatic carbocycles. The Morgan fingerprint density at radius 2 is 1.72 bits per heavy atom. The zero-order valence-electron chi connectivity index (χ0n) is 14.8. The highest BCUT2D eigenvalue weighted by Gasteiger charge is 2.16. The molecule has 128 valence electrons. The van der Waals surface area contributed by atoms with Crippen LogP contribution in [0.3, 0.4) is 0 Å². The van der Waals surface area contributed by atoms with Gasteiger partial charge in [-0.15, -0.1) is 0 Å². The number of nitrogens with one attached hydrogen (secondary N) is 1. The second-order valence-electron chi connectivity index (χ2n) is 6.11. The van der Waals surface area contributed by atoms with E-state index < -0.39 is 0 Å². The van der Waals surface area contributed by atoms with E-state index in [0.717, 1.165) is 28.6 Å². The summed E-state index contributed by atoms with van der Waals surface area (Å²) in [4.78, 5) is 3.61. The van der Waals surface area contributed by atoms with Crippen molar-refractivity contribution >= 4 is 28.1 Å². The van der Waals surface area contributed by atoms with E-state index in [1.807, 2.05) is 49.3 Å². The molecule has 0 aliphatic heterocycles. The Bertz CT molecular complexity index is 920. The molecule has 0 heterocycles. The lowest BCUT2D eigenvalue weighted by Gasteiger charge is -2.29. The summed E-state index contributed by atoms with van der Waals surface area (Å²) < 4.78 is 13.7. The minimum absolute atomic E-state index is 0.274. The van der Waals surface area contributed by atoms with Gasteiger partial charge in [-0.25, -0.2) is 4.39 Å². The van der Waals surface area contributed by atoms with Crippen LogP contribution in [-0.4, -0.2) is 20.1 Å². The first-order chi connectivity index (χ1) is 12.0. The van der Waals surface area contributed by atoms with Crippen molar-refractivity contribution in [2.24, 2.45) is 0 Å². The predicted octanol–water partition coefficient (Wildman–Crippen LogP) is 5.05. The molecule has 0 saturated heterocycles. The summed E-state index contributed by atoms with van der Waals surface area (Å²) in [5.41, 5.74) is 3.00. The summed E-state index contributed by atoms with van der Waals surface area (Å²) >= 11 is 0. The number of benzene rings is 3. The van der Waals surface area contributed by atoms with Crippen molar-refractivity contribution < 1.29 is 4.39 Å². The second-order valence-corrected chi connectivity index (χ2v) is 6.11. The standard InChI is InChI=1S/C21H22FN3/c1-4-15-7-5-9-18(13-15)24(2)21(23)25(3)20-10-6-8-16-11-12-17(22)14-19(16)20/h5-14,23H,4H2,1-3H3. The topological polar surface area (TPSA) is 30.3 Å². The van der Waals surface area contributed by atoms with E-state index in [1.165, 1.54) is 17.7 Å². The smallest absolute Gasteiger partial charge is 0.202 e. The Morgan fingerprint density at radius 3 is 2.48 bits per heavy atom. The summed E-state index contributed by atoms with van der Waals surface area (Å²) in [7, 11) is 3.71. The van der Waals surface area contributed by atoms with E-state index in [9.17, 15) is 4.39 Å². The lowest BCUT2D eigenvalue weighted by atomic mass is 10.1. The van der Waals surface area contributed by atoms with Crippen LogP contribution >= 0.6 is 0 Å². The summed E-state index contributed by atoms with van der Waals surface area (Å²) in [6, 6.07) is 18.7. The molecule has 0 saturated carbocycles. The Kier molecular flexibility index (Phi) is 4.70. The van der Waals surface area contributed by atoms with Crippen LogP contribution in [0.15, 0.2) is 60.7 Å². The first-order valence-corrected chi connectivity index (χ1v) is 8.34. The van der Waals surface area contributed by atoms with E-state index >= 15 is 0 Å². The second kappa shape index (κ2) is 6.93. The van der Waals surface area contributed by atoms with Crippen LogP contribution in [-0.2, 0) is 6.42 Å². The molecule has 3 rings (SSSR count). The van der Waals surface area contributed by atoms with Gasteiger partial charge in [0.05, 0.1) is 5.69 Å². The number of hydrogen-bond acceptors (Lipinski definition) is 1. The van der Waals surface area contributed by atoms with Crippen molar-refractivity contribution in [1.29, 1.82) is 5.41 Å². The van der Waals surface area contributed by atoms with Crippen LogP contribution in [0.2, 0.25) is 0 Å². The maximum Gasteiger partial charge on any atom is 0.202 e. The predicted molar refractivity (Wildman–Crippen MR) is 104 cm³/mol. The number of nitrogens with zero attached hydrogens (tertiary/aromatic N) is 2. The van der Waals surface area contributed by atoms with E-state index in [1.54, 1.807) is 11.0 Å². The van der Waals surface area contributed by atoms with Gasteiger partial charge in [0.15, 0.2) is 0 Å². The van der Waals surface area contributed by atoms with E-state index in [-0.39, 0.29) is 5.82 Å². The summed E-state index contributed by atoms with van der Waals surface area (Å²) in [6.45, 7) is 2.11. The normalized spacial score (nSPS) is 10.7. The van der Waals surface area contributed by atoms with Gasteiger partial charge in [-0.3, -0.25) is 5.41 Å². The van der Waals surface area contributed by atoms with E-state index in [2.05, 4.69) is 19.1 Å². The zero-order valence-corrected chi connectivity index (χ0v) is 14.8. The summed E-state index contributed by atoms with van der Waals surface area (Å²) in [6.07, 6.45) is 0.952. The van der Waals surface area contributed by atoms with Crippen molar-refractivity contribution in [3.05, 3.63) is 72.0 Å². The Morgan fingerprint density at radius 1 is 0.960 bits per heavy atom. The molecule has 0 aliphatic rings. The fourth-order valence-electron chi connectivity index (χ4n) is 2.97. The van der Waals surface area contributed by atoms with Crippen LogP contribution in [0.1, 0.15) is 12.5 Å². The quantitative estimate of drug-likeness (QED) is 0.536. The van der Waals surface area contributed by atoms with Crippen LogP contribution in [0.5, 0.6) is 0 Å². The monoisotopic (exact) mass is 335 g/mol. The Labute approximate surface area is 147 Å². The number of guanidine groups is 1. The fourth-order valence-corrected chi connectivity index (χ4v) is 2.97. The van der Waals surface area contributed by atoms with Gasteiger partial charge in [0, 0.05) is 25.2 Å². The molecule has 3 nitrogen and oxygen atoms in total. The highest BCUT2D eigenvalue weighted by atomic mass is 19.1. The largest absolute Gasteiger partial charge is 0.316 e. The number of aryl methyl sites for hydroxylation is 1. The van der Waals surface area contributed by atoms with Gasteiger partial charge in [-0.2, -0.15) is 0 Å². The first kappa shape index (κ1) is 17.0. The number of rotatable bonds is 3. The van der Waals surface area contributed by atoms with Crippen molar-refractivity contribution in [3.63, 3.8) is 0 Å². The molecule has 25 heavy (non-hydrogen) atoms. The van der Waals surface area contributed by atoms with Crippen LogP contribution in [0.4, 0.5) is 15.8 Å². The van der Waals surface area contributed by atoms with Gasteiger partial charge in [0.1, 0.15) is 5.82 Å². The van der Waals surface area contributed by atoms with E-state index in [4.69, 9.17) is 5.41 Å². The lowest BCUT2D eigenvalue weighted by Crippen LogP contribution is -2.39. The lowest BCUT2D eigenvalue weighted by molar-refractivity contribution is 0.630. The third kappa shape index (κ3) is 3.33. The van der Waals surface area contributed by atoms with Crippen molar-refractivity contribution in [2.75, 3.05) is 23.9 Å². The van der Waals surface area contributed by atoms with Gasteiger partial charge in [0.2, 0.25) is 5.96 Å². The molecule has 0 amide bonds. The average molecular weight is 335 g/mol. The molecule has 0 fully saturated rings. The molecule has 0 aromatic heterocycles. The molecule has 1 N–H and O–H groups in total. The van der Waals surface area contributed by atoms with Gasteiger partial charge < -0.3 is 9.80 Å². The minimum atomic E-state index is -0.274. The minimum Gasteiger partial charge on any atom is -0.316 e. The number of hydrogen-bond donors (Lipinski definition) is 1. The molecule has 0 radical (unpaired) electrons. The maximum atomic E-state index is 13.7. The van der Waals surface area contributed by atoms with Crippen molar-refractivity contribution in [2.45, 2.75) is 13.3 Å². The van der Waals surface area contributed by atoms with Crippen LogP contribution in [0, 0.1) is 11.2 Å². The zero-order chi connectivity index (χ0) is 18.0. The first-order valence-electron chi connectivity index (χ1n) is 8.34. The molecule has 3 aromatic carbocycles. The third-order valence-corrected chi connectivity index (χ3v) is 4.52. The van der Waals surface area contributed by atoms with Crippen molar-refractivity contribution in [3.8, 4) is 0 Å². The van der Waals surface area contributed by atoms with Crippen LogP contribution < -0.4 is 9.80 Å². The molecule has 4 heteroatoms. The molecular weight excluding hydrogens is 313 g/mol. The molecule has 3 aromatic rings. The Hall–Kier alpha value is -2.88. The van der Waals surface area contributed by atoms with Gasteiger partial charge in [0.25, 0.3) is 0 Å². The van der Waals surface area contributed by atoms with E-state index in [0.29, 0.717) is 5.96 Å². The third-order valence-electron chi connectivity index (χ3n) is 4.52. The fraction of sp³-hybridized carbons (Fsp3) is 0.190. The van der Waals surface area contributed by atoms with Crippen molar-refractivity contribution in [1.82, 2.24) is 0 Å². The van der Waals surface area contributed by atoms with Gasteiger partial charge >= 0.3 is 0 Å².